The third-order valence-corrected chi connectivity index (χ3v) is 11.7. The van der Waals surface area contributed by atoms with Crippen molar-refractivity contribution in [3.05, 3.63) is 66.5 Å². The fourth-order valence-corrected chi connectivity index (χ4v) is 8.50. The number of piperazine rings is 1. The monoisotopic (exact) mass is 776 g/mol. The fraction of sp³-hybridized carbons (Fsp3) is 0.439. The Morgan fingerprint density at radius 2 is 1.79 bits per heavy atom. The van der Waals surface area contributed by atoms with Crippen LogP contribution in [0.25, 0.3) is 16.9 Å². The number of nitrogens with zero attached hydrogens (tertiary/aromatic N) is 7. The number of carbonyl (C=O) groups is 4. The van der Waals surface area contributed by atoms with Crippen molar-refractivity contribution in [3.8, 4) is 28.4 Å². The summed E-state index contributed by atoms with van der Waals surface area (Å²) in [4.78, 5) is 57.4. The zero-order valence-electron chi connectivity index (χ0n) is 32.1. The van der Waals surface area contributed by atoms with Gasteiger partial charge in [0.1, 0.15) is 29.8 Å². The number of amides is 4. The lowest BCUT2D eigenvalue weighted by molar-refractivity contribution is -0.134. The van der Waals surface area contributed by atoms with Gasteiger partial charge >= 0.3 is 0 Å². The average molecular weight is 777 g/mol. The molecule has 16 heteroatoms. The highest BCUT2D eigenvalue weighted by molar-refractivity contribution is 6.02. The number of imide groups is 1. The second kappa shape index (κ2) is 15.9. The van der Waals surface area contributed by atoms with E-state index in [9.17, 15) is 24.3 Å². The first-order valence-corrected chi connectivity index (χ1v) is 19.7. The van der Waals surface area contributed by atoms with Gasteiger partial charge in [-0.25, -0.2) is 4.68 Å². The van der Waals surface area contributed by atoms with Gasteiger partial charge in [0, 0.05) is 31.1 Å². The summed E-state index contributed by atoms with van der Waals surface area (Å²) in [6.45, 7) is 6.26. The predicted octanol–water partition coefficient (Wildman–Crippen LogP) is 3.34. The van der Waals surface area contributed by atoms with E-state index in [0.717, 1.165) is 42.7 Å². The second-order valence-corrected chi connectivity index (χ2v) is 15.6. The van der Waals surface area contributed by atoms with Crippen molar-refractivity contribution in [3.63, 3.8) is 0 Å². The van der Waals surface area contributed by atoms with Gasteiger partial charge in [0.05, 0.1) is 48.6 Å². The van der Waals surface area contributed by atoms with Crippen molar-refractivity contribution in [2.75, 3.05) is 47.9 Å². The van der Waals surface area contributed by atoms with Crippen LogP contribution in [0.1, 0.15) is 63.9 Å². The topological polar surface area (TPSA) is 201 Å². The molecule has 4 aliphatic rings. The summed E-state index contributed by atoms with van der Waals surface area (Å²) >= 11 is 0. The first kappa shape index (κ1) is 38.0. The van der Waals surface area contributed by atoms with E-state index in [1.807, 2.05) is 26.0 Å². The SMILES string of the molecule is CC(C)[C@H](N)C(=O)Nc1nnc(-c2ccccc2O)cc1-n1cc(N2CCN(C3CCC(c4cccc5c4OCCN5[C@H]4CCC(=O)NC4=O)CC3)CC2=O)cn1. The van der Waals surface area contributed by atoms with Crippen LogP contribution in [0.2, 0.25) is 0 Å². The Kier molecular flexibility index (Phi) is 10.6. The maximum atomic E-state index is 13.7. The Morgan fingerprint density at radius 1 is 0.982 bits per heavy atom. The van der Waals surface area contributed by atoms with Gasteiger partial charge in [-0.1, -0.05) is 38.1 Å². The molecule has 0 radical (unpaired) electrons. The van der Waals surface area contributed by atoms with Crippen LogP contribution in [0, 0.1) is 5.92 Å². The summed E-state index contributed by atoms with van der Waals surface area (Å²) < 4.78 is 7.79. The fourth-order valence-electron chi connectivity index (χ4n) is 8.50. The number of anilines is 3. The Morgan fingerprint density at radius 3 is 2.54 bits per heavy atom. The Balaban J connectivity index is 0.933. The van der Waals surface area contributed by atoms with Crippen molar-refractivity contribution in [1.29, 1.82) is 0 Å². The predicted molar refractivity (Wildman–Crippen MR) is 212 cm³/mol. The number of para-hydroxylation sites is 2. The first-order valence-electron chi connectivity index (χ1n) is 19.7. The molecule has 4 amide bonds. The molecule has 3 fully saturated rings. The van der Waals surface area contributed by atoms with Gasteiger partial charge < -0.3 is 30.7 Å². The number of phenols is 1. The molecule has 2 aromatic carbocycles. The van der Waals surface area contributed by atoms with Gasteiger partial charge in [0.15, 0.2) is 5.82 Å². The van der Waals surface area contributed by atoms with E-state index in [2.05, 4.69) is 41.8 Å². The molecule has 0 unspecified atom stereocenters. The van der Waals surface area contributed by atoms with Gasteiger partial charge in [-0.15, -0.1) is 10.2 Å². The third kappa shape index (κ3) is 7.66. The summed E-state index contributed by atoms with van der Waals surface area (Å²) in [6, 6.07) is 13.7. The number of nitrogens with one attached hydrogen (secondary N) is 2. The maximum Gasteiger partial charge on any atom is 0.249 e. The molecule has 5 N–H and O–H groups in total. The number of carbonyl (C=O) groups excluding carboxylic acids is 4. The van der Waals surface area contributed by atoms with Gasteiger partial charge in [-0.2, -0.15) is 5.10 Å². The lowest BCUT2D eigenvalue weighted by Gasteiger charge is -2.42. The molecule has 1 aliphatic carbocycles. The van der Waals surface area contributed by atoms with Crippen molar-refractivity contribution in [2.24, 2.45) is 11.7 Å². The third-order valence-electron chi connectivity index (χ3n) is 11.7. The molecule has 8 rings (SSSR count). The minimum Gasteiger partial charge on any atom is -0.507 e. The van der Waals surface area contributed by atoms with Crippen molar-refractivity contribution in [1.82, 2.24) is 30.2 Å². The normalized spacial score (nSPS) is 22.2. The van der Waals surface area contributed by atoms with E-state index in [-0.39, 0.29) is 47.8 Å². The number of ether oxygens (including phenoxy) is 1. The van der Waals surface area contributed by atoms with E-state index in [0.29, 0.717) is 67.6 Å². The van der Waals surface area contributed by atoms with Crippen LogP contribution in [0.5, 0.6) is 11.5 Å². The van der Waals surface area contributed by atoms with Gasteiger partial charge in [-0.05, 0) is 73.8 Å². The van der Waals surface area contributed by atoms with E-state index >= 15 is 0 Å². The van der Waals surface area contributed by atoms with E-state index in [1.165, 1.54) is 0 Å². The van der Waals surface area contributed by atoms with Crippen LogP contribution in [0.15, 0.2) is 60.9 Å². The van der Waals surface area contributed by atoms with Crippen molar-refractivity contribution in [2.45, 2.75) is 76.4 Å². The molecular formula is C41H48N10O6. The highest BCUT2D eigenvalue weighted by atomic mass is 16.5. The molecule has 16 nitrogen and oxygen atoms in total. The standard InChI is InChI=1S/C41H48N10O6/c1-24(2)37(42)41(56)45-39-33(20-30(46-47-39)29-6-3-4-9-34(29)52)51-22-27(21-43-51)49-17-16-48(23-36(49)54)26-12-10-25(11-13-26)28-7-5-8-31-38(28)57-19-18-50(31)32-14-15-35(53)44-40(32)55/h3-9,20-22,24-26,32,37,52H,10-19,23,42H2,1-2H3,(H,44,53,55)(H,45,47,56)/t25?,26?,32-,37-/m0/s1. The highest BCUT2D eigenvalue weighted by Crippen LogP contribution is 2.45. The number of aromatic nitrogens is 4. The first-order chi connectivity index (χ1) is 27.5. The number of aromatic hydroxyl groups is 1. The molecule has 5 heterocycles. The smallest absolute Gasteiger partial charge is 0.249 e. The number of benzene rings is 2. The summed E-state index contributed by atoms with van der Waals surface area (Å²) in [5, 5.41) is 28.9. The molecule has 0 bridgehead atoms. The lowest BCUT2D eigenvalue weighted by atomic mass is 9.80. The molecule has 2 atom stereocenters. The Hall–Kier alpha value is -5.87. The van der Waals surface area contributed by atoms with E-state index in [4.69, 9.17) is 10.5 Å². The summed E-state index contributed by atoms with van der Waals surface area (Å²) in [6.07, 6.45) is 7.96. The molecule has 298 valence electrons. The van der Waals surface area contributed by atoms with Gasteiger partial charge in [0.25, 0.3) is 0 Å². The van der Waals surface area contributed by atoms with Crippen LogP contribution < -0.4 is 30.9 Å². The summed E-state index contributed by atoms with van der Waals surface area (Å²) in [5.74, 6) is 0.281. The van der Waals surface area contributed by atoms with E-state index < -0.39 is 18.0 Å². The van der Waals surface area contributed by atoms with Gasteiger partial charge in [-0.3, -0.25) is 29.4 Å². The summed E-state index contributed by atoms with van der Waals surface area (Å²) in [7, 11) is 0. The van der Waals surface area contributed by atoms with Crippen LogP contribution in [0.3, 0.4) is 0 Å². The van der Waals surface area contributed by atoms with E-state index in [1.54, 1.807) is 52.3 Å². The zero-order valence-corrected chi connectivity index (χ0v) is 32.1. The number of nitrogens with two attached hydrogens (primary N) is 1. The summed E-state index contributed by atoms with van der Waals surface area (Å²) in [5.41, 5.74) is 10.0. The molecule has 1 saturated carbocycles. The number of rotatable bonds is 9. The Bertz CT molecular complexity index is 2180. The van der Waals surface area contributed by atoms with Crippen LogP contribution in [-0.2, 0) is 19.2 Å². The lowest BCUT2D eigenvalue weighted by Crippen LogP contribution is -2.54. The number of fused-ring (bicyclic) bond motifs is 1. The van der Waals surface area contributed by atoms with Gasteiger partial charge in [0.2, 0.25) is 23.6 Å². The quantitative estimate of drug-likeness (QED) is 0.181. The average Bonchev–Trinajstić information content (AvgIpc) is 3.70. The minimum absolute atomic E-state index is 0.0267. The molecule has 2 saturated heterocycles. The largest absolute Gasteiger partial charge is 0.507 e. The Labute approximate surface area is 330 Å². The number of hydrogen-bond acceptors (Lipinski definition) is 12. The molecule has 0 spiro atoms. The number of phenolic OH excluding ortho intramolecular Hbond substituents is 1. The zero-order chi connectivity index (χ0) is 39.8. The second-order valence-electron chi connectivity index (χ2n) is 15.6. The van der Waals surface area contributed by atoms with Crippen molar-refractivity contribution < 1.29 is 29.0 Å². The molecular weight excluding hydrogens is 729 g/mol. The molecule has 57 heavy (non-hydrogen) atoms. The van der Waals surface area contributed by atoms with Crippen LogP contribution in [0.4, 0.5) is 17.2 Å². The van der Waals surface area contributed by atoms with Crippen LogP contribution in [-0.4, -0.2) is 105 Å². The molecule has 4 aromatic rings. The van der Waals surface area contributed by atoms with Crippen LogP contribution >= 0.6 is 0 Å². The molecule has 2 aromatic heterocycles. The highest BCUT2D eigenvalue weighted by Gasteiger charge is 2.38. The minimum atomic E-state index is -0.773. The number of hydrogen-bond donors (Lipinski definition) is 4. The maximum absolute atomic E-state index is 13.7. The van der Waals surface area contributed by atoms with Crippen molar-refractivity contribution >= 4 is 40.8 Å². The number of piperidine rings is 1. The molecule has 3 aliphatic heterocycles.